The van der Waals surface area contributed by atoms with E-state index in [9.17, 15) is 4.39 Å². The van der Waals surface area contributed by atoms with E-state index in [1.165, 1.54) is 12.1 Å². The van der Waals surface area contributed by atoms with E-state index < -0.39 is 0 Å². The van der Waals surface area contributed by atoms with Crippen molar-refractivity contribution in [1.29, 1.82) is 0 Å². The van der Waals surface area contributed by atoms with Crippen molar-refractivity contribution in [2.24, 2.45) is 0 Å². The normalized spacial score (nSPS) is 12.8. The lowest BCUT2D eigenvalue weighted by atomic mass is 10.1. The monoisotopic (exact) mass is 306 g/mol. The smallest absolute Gasteiger partial charge is 0.178 e. The molecule has 1 aromatic heterocycles. The molecule has 1 atom stereocenters. The molecule has 1 N–H and O–H groups in total. The van der Waals surface area contributed by atoms with Crippen LogP contribution < -0.4 is 0 Å². The summed E-state index contributed by atoms with van der Waals surface area (Å²) in [4.78, 5) is 3.15. The van der Waals surface area contributed by atoms with Crippen molar-refractivity contribution < 1.29 is 4.39 Å². The van der Waals surface area contributed by atoms with Crippen LogP contribution in [0.2, 0.25) is 5.02 Å². The first-order valence-corrected chi connectivity index (χ1v) is 7.00. The third-order valence-electron chi connectivity index (χ3n) is 3.42. The van der Waals surface area contributed by atoms with E-state index in [1.54, 1.807) is 12.1 Å². The van der Waals surface area contributed by atoms with Crippen LogP contribution in [-0.2, 0) is 0 Å². The molecule has 0 radical (unpaired) electrons. The highest BCUT2D eigenvalue weighted by atomic mass is 35.5. The first-order valence-electron chi connectivity index (χ1n) is 6.21. The van der Waals surface area contributed by atoms with Gasteiger partial charge in [0.15, 0.2) is 4.77 Å². The number of aromatic nitrogens is 2. The number of fused-ring (bicyclic) bond motifs is 1. The van der Waals surface area contributed by atoms with Gasteiger partial charge >= 0.3 is 0 Å². The van der Waals surface area contributed by atoms with Crippen LogP contribution >= 0.6 is 23.8 Å². The fraction of sp³-hybridized carbons (Fsp3) is 0.133. The van der Waals surface area contributed by atoms with Crippen molar-refractivity contribution in [3.05, 3.63) is 63.6 Å². The van der Waals surface area contributed by atoms with Crippen molar-refractivity contribution in [1.82, 2.24) is 9.55 Å². The number of halogens is 2. The summed E-state index contributed by atoms with van der Waals surface area (Å²) in [5, 5.41) is 0.662. The summed E-state index contributed by atoms with van der Waals surface area (Å²) in [6.07, 6.45) is 0. The van der Waals surface area contributed by atoms with Crippen LogP contribution in [-0.4, -0.2) is 9.55 Å². The standard InChI is InChI=1S/C15H12ClFN2S/c1-9(10-2-5-12(17)6-3-10)19-14-7-4-11(16)8-13(14)18-15(19)20/h2-9H,1H3,(H,18,20). The maximum atomic E-state index is 13.0. The fourth-order valence-electron chi connectivity index (χ4n) is 2.38. The van der Waals surface area contributed by atoms with Crippen molar-refractivity contribution in [2.75, 3.05) is 0 Å². The summed E-state index contributed by atoms with van der Waals surface area (Å²) in [6.45, 7) is 2.03. The number of H-pyrrole nitrogens is 1. The average Bonchev–Trinajstić information content (AvgIpc) is 2.73. The van der Waals surface area contributed by atoms with Gasteiger partial charge in [-0.2, -0.15) is 0 Å². The third kappa shape index (κ3) is 2.25. The molecule has 0 saturated heterocycles. The van der Waals surface area contributed by atoms with E-state index in [1.807, 2.05) is 29.7 Å². The number of nitrogens with one attached hydrogen (secondary N) is 1. The second kappa shape index (κ2) is 5.04. The maximum absolute atomic E-state index is 13.0. The van der Waals surface area contributed by atoms with Crippen LogP contribution in [0, 0.1) is 10.6 Å². The van der Waals surface area contributed by atoms with Gasteiger partial charge in [-0.25, -0.2) is 4.39 Å². The van der Waals surface area contributed by atoms with Crippen LogP contribution in [0.15, 0.2) is 42.5 Å². The van der Waals surface area contributed by atoms with E-state index in [-0.39, 0.29) is 11.9 Å². The van der Waals surface area contributed by atoms with Gasteiger partial charge in [0, 0.05) is 5.02 Å². The van der Waals surface area contributed by atoms with Crippen LogP contribution in [0.1, 0.15) is 18.5 Å². The second-order valence-corrected chi connectivity index (χ2v) is 5.51. The summed E-state index contributed by atoms with van der Waals surface area (Å²) in [5.41, 5.74) is 2.88. The Bertz CT molecular complexity index is 820. The number of imidazole rings is 1. The molecule has 5 heteroatoms. The Balaban J connectivity index is 2.16. The highest BCUT2D eigenvalue weighted by molar-refractivity contribution is 7.71. The molecule has 0 bridgehead atoms. The summed E-state index contributed by atoms with van der Waals surface area (Å²) < 4.78 is 15.7. The number of aromatic amines is 1. The zero-order chi connectivity index (χ0) is 14.3. The topological polar surface area (TPSA) is 20.7 Å². The quantitative estimate of drug-likeness (QED) is 0.653. The van der Waals surface area contributed by atoms with Gasteiger partial charge in [-0.15, -0.1) is 0 Å². The van der Waals surface area contributed by atoms with Crippen molar-refractivity contribution in [2.45, 2.75) is 13.0 Å². The molecule has 0 aliphatic rings. The van der Waals surface area contributed by atoms with Gasteiger partial charge in [0.05, 0.1) is 17.1 Å². The molecule has 2 aromatic carbocycles. The molecule has 0 aliphatic heterocycles. The second-order valence-electron chi connectivity index (χ2n) is 4.69. The van der Waals surface area contributed by atoms with Crippen molar-refractivity contribution >= 4 is 34.9 Å². The van der Waals surface area contributed by atoms with Crippen LogP contribution in [0.25, 0.3) is 11.0 Å². The van der Waals surface area contributed by atoms with Gasteiger partial charge in [-0.1, -0.05) is 23.7 Å². The van der Waals surface area contributed by atoms with Gasteiger partial charge in [0.1, 0.15) is 5.82 Å². The Morgan fingerprint density at radius 3 is 2.60 bits per heavy atom. The predicted molar refractivity (Wildman–Crippen MR) is 82.3 cm³/mol. The van der Waals surface area contributed by atoms with Crippen LogP contribution in [0.4, 0.5) is 4.39 Å². The number of benzene rings is 2. The Hall–Kier alpha value is -1.65. The van der Waals surface area contributed by atoms with E-state index in [4.69, 9.17) is 23.8 Å². The maximum Gasteiger partial charge on any atom is 0.178 e. The molecule has 20 heavy (non-hydrogen) atoms. The molecule has 0 spiro atoms. The third-order valence-corrected chi connectivity index (χ3v) is 3.95. The zero-order valence-electron chi connectivity index (χ0n) is 10.7. The predicted octanol–water partition coefficient (Wildman–Crippen LogP) is 5.10. The van der Waals surface area contributed by atoms with E-state index >= 15 is 0 Å². The lowest BCUT2D eigenvalue weighted by molar-refractivity contribution is 0.618. The number of nitrogens with zero attached hydrogens (tertiary/aromatic N) is 1. The number of hydrogen-bond acceptors (Lipinski definition) is 1. The molecule has 0 saturated carbocycles. The fourth-order valence-corrected chi connectivity index (χ4v) is 2.92. The van der Waals surface area contributed by atoms with Crippen molar-refractivity contribution in [3.63, 3.8) is 0 Å². The molecule has 3 aromatic rings. The van der Waals surface area contributed by atoms with Crippen LogP contribution in [0.5, 0.6) is 0 Å². The zero-order valence-corrected chi connectivity index (χ0v) is 12.3. The summed E-state index contributed by atoms with van der Waals surface area (Å²) in [7, 11) is 0. The Kier molecular flexibility index (Phi) is 3.36. The summed E-state index contributed by atoms with van der Waals surface area (Å²) >= 11 is 11.4. The number of rotatable bonds is 2. The van der Waals surface area contributed by atoms with Crippen molar-refractivity contribution in [3.8, 4) is 0 Å². The first-order chi connectivity index (χ1) is 9.56. The Morgan fingerprint density at radius 2 is 1.90 bits per heavy atom. The van der Waals surface area contributed by atoms with Gasteiger partial charge in [0.2, 0.25) is 0 Å². The van der Waals surface area contributed by atoms with Gasteiger partial charge in [-0.3, -0.25) is 0 Å². The van der Waals surface area contributed by atoms with Crippen LogP contribution in [0.3, 0.4) is 0 Å². The minimum Gasteiger partial charge on any atom is -0.331 e. The molecular formula is C15H12ClFN2S. The molecule has 1 unspecified atom stereocenters. The minimum atomic E-state index is -0.241. The van der Waals surface area contributed by atoms with E-state index in [0.29, 0.717) is 9.79 Å². The molecule has 102 valence electrons. The number of hydrogen-bond donors (Lipinski definition) is 1. The van der Waals surface area contributed by atoms with E-state index in [0.717, 1.165) is 16.6 Å². The molecule has 1 heterocycles. The average molecular weight is 307 g/mol. The van der Waals surface area contributed by atoms with Gasteiger partial charge in [-0.05, 0) is 55.0 Å². The minimum absolute atomic E-state index is 0.0121. The highest BCUT2D eigenvalue weighted by Crippen LogP contribution is 2.26. The van der Waals surface area contributed by atoms with E-state index in [2.05, 4.69) is 4.98 Å². The Morgan fingerprint density at radius 1 is 1.20 bits per heavy atom. The summed E-state index contributed by atoms with van der Waals surface area (Å²) in [6, 6.07) is 12.1. The Labute approximate surface area is 125 Å². The molecule has 2 nitrogen and oxygen atoms in total. The molecular weight excluding hydrogens is 295 g/mol. The molecule has 0 aliphatic carbocycles. The SMILES string of the molecule is CC(c1ccc(F)cc1)n1c(=S)[nH]c2cc(Cl)ccc21. The first kappa shape index (κ1) is 13.3. The highest BCUT2D eigenvalue weighted by Gasteiger charge is 2.13. The lowest BCUT2D eigenvalue weighted by Crippen LogP contribution is -2.06. The van der Waals surface area contributed by atoms with Gasteiger partial charge in [0.25, 0.3) is 0 Å². The lowest BCUT2D eigenvalue weighted by Gasteiger charge is -2.15. The molecule has 0 amide bonds. The summed E-state index contributed by atoms with van der Waals surface area (Å²) in [5.74, 6) is -0.241. The molecule has 0 fully saturated rings. The van der Waals surface area contributed by atoms with Gasteiger partial charge < -0.3 is 9.55 Å². The largest absolute Gasteiger partial charge is 0.331 e. The molecule has 3 rings (SSSR count).